The van der Waals surface area contributed by atoms with Crippen LogP contribution in [0.2, 0.25) is 5.02 Å². The van der Waals surface area contributed by atoms with Gasteiger partial charge < -0.3 is 14.4 Å². The average molecular weight is 769 g/mol. The summed E-state index contributed by atoms with van der Waals surface area (Å²) >= 11 is 6.24. The summed E-state index contributed by atoms with van der Waals surface area (Å²) in [5.41, 5.74) is 0.793. The van der Waals surface area contributed by atoms with Crippen LogP contribution in [0.4, 0.5) is 5.82 Å². The van der Waals surface area contributed by atoms with Gasteiger partial charge in [0.15, 0.2) is 11.6 Å². The number of benzene rings is 1. The minimum absolute atomic E-state index is 0.0294. The molecule has 0 bridgehead atoms. The number of carbonyl (C=O) groups excluding carboxylic acids is 4. The summed E-state index contributed by atoms with van der Waals surface area (Å²) in [7, 11) is 0. The molecule has 6 rings (SSSR count). The number of aromatic nitrogens is 2. The van der Waals surface area contributed by atoms with Gasteiger partial charge in [0.05, 0.1) is 23.4 Å². The molecule has 3 aromatic rings. The zero-order chi connectivity index (χ0) is 39.3. The van der Waals surface area contributed by atoms with E-state index >= 15 is 0 Å². The molecule has 3 aliphatic rings. The highest BCUT2D eigenvalue weighted by atomic mass is 35.5. The normalized spacial score (nSPS) is 21.9. The number of imide groups is 1. The molecule has 12 nitrogen and oxygen atoms in total. The van der Waals surface area contributed by atoms with Gasteiger partial charge in [0.25, 0.3) is 0 Å². The van der Waals surface area contributed by atoms with E-state index in [1.807, 2.05) is 12.1 Å². The van der Waals surface area contributed by atoms with Gasteiger partial charge in [-0.15, -0.1) is 0 Å². The van der Waals surface area contributed by atoms with Gasteiger partial charge >= 0.3 is 0 Å². The summed E-state index contributed by atoms with van der Waals surface area (Å²) in [5.74, 6) is 0.834. The number of ether oxygens (including phenoxy) is 2. The van der Waals surface area contributed by atoms with E-state index in [-0.39, 0.29) is 58.9 Å². The SMILES string of the molecule is CC1(C)C(CC(=O)c2ccc(N3CCN(CCCCOc4ccc(C(=O)CC5CCC(=O)NC5=O)nc4)CC3)nc2)C(C)(C)C1Oc1ccc(C#N)c(Cl)c1. The Bertz CT molecular complexity index is 1920. The second kappa shape index (κ2) is 16.9. The summed E-state index contributed by atoms with van der Waals surface area (Å²) < 4.78 is 12.2. The van der Waals surface area contributed by atoms with Gasteiger partial charge in [-0.3, -0.25) is 29.4 Å². The fourth-order valence-corrected chi connectivity index (χ4v) is 8.79. The summed E-state index contributed by atoms with van der Waals surface area (Å²) in [6.45, 7) is 13.6. The third kappa shape index (κ3) is 9.17. The average Bonchev–Trinajstić information content (AvgIpc) is 3.17. The van der Waals surface area contributed by atoms with Crippen LogP contribution in [0, 0.1) is 34.0 Å². The lowest BCUT2D eigenvalue weighted by molar-refractivity contribution is -0.196. The van der Waals surface area contributed by atoms with Crippen LogP contribution in [-0.2, 0) is 9.59 Å². The first-order valence-corrected chi connectivity index (χ1v) is 19.4. The van der Waals surface area contributed by atoms with E-state index in [1.54, 1.807) is 36.5 Å². The molecule has 0 radical (unpaired) electrons. The van der Waals surface area contributed by atoms with Gasteiger partial charge in [-0.1, -0.05) is 39.3 Å². The van der Waals surface area contributed by atoms with Crippen LogP contribution in [0.5, 0.6) is 11.5 Å². The number of hydrogen-bond acceptors (Lipinski definition) is 11. The molecule has 1 unspecified atom stereocenters. The first kappa shape index (κ1) is 39.8. The van der Waals surface area contributed by atoms with E-state index in [2.05, 4.69) is 58.8 Å². The molecule has 1 aromatic carbocycles. The van der Waals surface area contributed by atoms with Crippen molar-refractivity contribution < 1.29 is 28.7 Å². The summed E-state index contributed by atoms with van der Waals surface area (Å²) in [6, 6.07) is 14.4. The van der Waals surface area contributed by atoms with Gasteiger partial charge in [-0.05, 0) is 68.1 Å². The highest BCUT2D eigenvalue weighted by molar-refractivity contribution is 6.31. The Morgan fingerprint density at radius 3 is 2.31 bits per heavy atom. The molecule has 2 aliphatic heterocycles. The molecule has 1 aliphatic carbocycles. The van der Waals surface area contributed by atoms with Crippen molar-refractivity contribution >= 4 is 40.8 Å². The Hall–Kier alpha value is -4.86. The number of piperazine rings is 1. The molecular weight excluding hydrogens is 720 g/mol. The maximum Gasteiger partial charge on any atom is 0.230 e. The summed E-state index contributed by atoms with van der Waals surface area (Å²) in [5, 5.41) is 11.8. The number of anilines is 1. The molecule has 2 aromatic heterocycles. The number of piperidine rings is 1. The van der Waals surface area contributed by atoms with Crippen LogP contribution < -0.4 is 19.7 Å². The first-order chi connectivity index (χ1) is 26.3. The Kier molecular flexibility index (Phi) is 12.2. The molecule has 0 spiro atoms. The van der Waals surface area contributed by atoms with Crippen LogP contribution in [0.1, 0.15) is 92.6 Å². The lowest BCUT2D eigenvalue weighted by atomic mass is 9.44. The van der Waals surface area contributed by atoms with Crippen LogP contribution in [0.25, 0.3) is 0 Å². The molecule has 4 heterocycles. The lowest BCUT2D eigenvalue weighted by Gasteiger charge is -2.63. The fraction of sp³-hybridized carbons (Fsp3) is 0.500. The van der Waals surface area contributed by atoms with Crippen LogP contribution in [-0.4, -0.2) is 83.7 Å². The highest BCUT2D eigenvalue weighted by Crippen LogP contribution is 2.61. The number of halogens is 1. The number of Topliss-reactive ketones (excluding diaryl/α,β-unsaturated/α-hetero) is 2. The van der Waals surface area contributed by atoms with Crippen molar-refractivity contribution in [1.29, 1.82) is 5.26 Å². The predicted molar refractivity (Wildman–Crippen MR) is 207 cm³/mol. The van der Waals surface area contributed by atoms with Gasteiger partial charge in [0, 0.05) is 80.0 Å². The van der Waals surface area contributed by atoms with Crippen molar-refractivity contribution in [3.05, 3.63) is 76.7 Å². The number of nitrogens with one attached hydrogen (secondary N) is 1. The molecule has 2 saturated heterocycles. The van der Waals surface area contributed by atoms with E-state index in [1.165, 1.54) is 6.20 Å². The number of nitriles is 1. The number of ketones is 2. The maximum atomic E-state index is 13.5. The minimum atomic E-state index is -0.503. The summed E-state index contributed by atoms with van der Waals surface area (Å²) in [4.78, 5) is 63.0. The van der Waals surface area contributed by atoms with Crippen molar-refractivity contribution in [3.8, 4) is 17.6 Å². The standard InChI is InChI=1S/C42H49ClN6O6/c1-41(2)36(42(3,4)40(41)55-30-10-7-28(24-44)32(43)22-30)23-34(50)29-8-13-37(46-25-29)49-18-16-48(17-19-49)15-5-6-20-54-31-11-12-33(45-26-31)35(51)21-27-9-14-38(52)47-39(27)53/h7-8,10-13,22,25-27,36,40H,5-6,9,14-21,23H2,1-4H3,(H,47,52,53). The molecule has 1 N–H and O–H groups in total. The zero-order valence-electron chi connectivity index (χ0n) is 32.0. The monoisotopic (exact) mass is 768 g/mol. The van der Waals surface area contributed by atoms with Crippen LogP contribution in [0.3, 0.4) is 0 Å². The third-order valence-corrected chi connectivity index (χ3v) is 11.9. The fourth-order valence-electron chi connectivity index (χ4n) is 8.57. The first-order valence-electron chi connectivity index (χ1n) is 19.0. The van der Waals surface area contributed by atoms with Crippen LogP contribution in [0.15, 0.2) is 54.9 Å². The van der Waals surface area contributed by atoms with Crippen molar-refractivity contribution in [2.45, 2.75) is 72.3 Å². The Labute approximate surface area is 327 Å². The van der Waals surface area contributed by atoms with Crippen LogP contribution >= 0.6 is 11.6 Å². The van der Waals surface area contributed by atoms with Crippen molar-refractivity contribution in [3.63, 3.8) is 0 Å². The van der Waals surface area contributed by atoms with Gasteiger partial charge in [0.1, 0.15) is 35.2 Å². The Morgan fingerprint density at radius 1 is 0.927 bits per heavy atom. The van der Waals surface area contributed by atoms with Gasteiger partial charge in [0.2, 0.25) is 11.8 Å². The molecule has 2 amide bonds. The predicted octanol–water partition coefficient (Wildman–Crippen LogP) is 6.31. The number of carbonyl (C=O) groups is 4. The van der Waals surface area contributed by atoms with Crippen molar-refractivity contribution in [1.82, 2.24) is 20.2 Å². The Balaban J connectivity index is 0.884. The molecule has 13 heteroatoms. The Morgan fingerprint density at radius 2 is 1.67 bits per heavy atom. The number of rotatable bonds is 15. The topological polar surface area (TPSA) is 155 Å². The molecular formula is C42H49ClN6O6. The number of pyridine rings is 2. The largest absolute Gasteiger partial charge is 0.492 e. The number of amides is 2. The number of nitrogens with zero attached hydrogens (tertiary/aromatic N) is 5. The van der Waals surface area contributed by atoms with E-state index < -0.39 is 11.8 Å². The van der Waals surface area contributed by atoms with Gasteiger partial charge in [-0.2, -0.15) is 5.26 Å². The quantitative estimate of drug-likeness (QED) is 0.105. The van der Waals surface area contributed by atoms with E-state index in [4.69, 9.17) is 21.1 Å². The van der Waals surface area contributed by atoms with Crippen molar-refractivity contribution in [2.75, 3.05) is 44.2 Å². The summed E-state index contributed by atoms with van der Waals surface area (Å²) in [6.07, 6.45) is 6.02. The van der Waals surface area contributed by atoms with Gasteiger partial charge in [-0.25, -0.2) is 9.97 Å². The molecule has 1 atom stereocenters. The minimum Gasteiger partial charge on any atom is -0.492 e. The molecule has 290 valence electrons. The second-order valence-electron chi connectivity index (χ2n) is 16.0. The molecule has 55 heavy (non-hydrogen) atoms. The second-order valence-corrected chi connectivity index (χ2v) is 16.4. The van der Waals surface area contributed by atoms with E-state index in [0.717, 1.165) is 51.4 Å². The highest BCUT2D eigenvalue weighted by Gasteiger charge is 2.63. The third-order valence-electron chi connectivity index (χ3n) is 11.6. The molecule has 3 fully saturated rings. The smallest absolute Gasteiger partial charge is 0.230 e. The van der Waals surface area contributed by atoms with E-state index in [0.29, 0.717) is 47.1 Å². The number of hydrogen-bond donors (Lipinski definition) is 1. The zero-order valence-corrected chi connectivity index (χ0v) is 32.7. The van der Waals surface area contributed by atoms with Crippen molar-refractivity contribution in [2.24, 2.45) is 22.7 Å². The maximum absolute atomic E-state index is 13.5. The molecule has 1 saturated carbocycles. The lowest BCUT2D eigenvalue weighted by Crippen LogP contribution is -2.66. The number of unbranched alkanes of at least 4 members (excludes halogenated alkanes) is 1. The van der Waals surface area contributed by atoms with E-state index in [9.17, 15) is 24.4 Å².